The van der Waals surface area contributed by atoms with E-state index in [1.54, 1.807) is 15.3 Å². The molecular formula is C27H26ClN7O. The van der Waals surface area contributed by atoms with Crippen LogP contribution in [0, 0.1) is 0 Å². The lowest BCUT2D eigenvalue weighted by atomic mass is 10.0. The molecule has 0 aliphatic heterocycles. The molecule has 0 spiro atoms. The molecule has 3 aromatic heterocycles. The first-order valence-corrected chi connectivity index (χ1v) is 12.3. The first-order chi connectivity index (χ1) is 17.7. The number of nitrogens with zero attached hydrogens (tertiary/aromatic N) is 6. The lowest BCUT2D eigenvalue weighted by Gasteiger charge is -2.09. The van der Waals surface area contributed by atoms with E-state index in [0.29, 0.717) is 24.1 Å². The molecular weight excluding hydrogens is 474 g/mol. The predicted octanol–water partition coefficient (Wildman–Crippen LogP) is 4.98. The summed E-state index contributed by atoms with van der Waals surface area (Å²) in [6, 6.07) is 21.6. The number of nitrogens with one attached hydrogen (secondary N) is 1. The summed E-state index contributed by atoms with van der Waals surface area (Å²) in [5.41, 5.74) is 5.25. The molecule has 0 bridgehead atoms. The maximum Gasteiger partial charge on any atom is 0.330 e. The molecule has 0 saturated carbocycles. The minimum absolute atomic E-state index is 0.110. The van der Waals surface area contributed by atoms with Crippen LogP contribution in [0.3, 0.4) is 0 Å². The fraction of sp³-hybridized carbons (Fsp3) is 0.222. The standard InChI is InChI=1S/C27H26ClN7O/c1-2-3-13-24-25(28)35(17-19-9-5-4-6-10-19)27(36)34(24)18-20-14-15-23(29-16-20)21-11-7-8-12-22(21)26-30-32-33-31-26/h4-12,14-16H,2-3,13,17-18H2,1H3,(H,30,31,32,33). The van der Waals surface area contributed by atoms with Crippen molar-refractivity contribution in [1.29, 1.82) is 0 Å². The summed E-state index contributed by atoms with van der Waals surface area (Å²) < 4.78 is 3.44. The van der Waals surface area contributed by atoms with Crippen molar-refractivity contribution in [2.45, 2.75) is 39.3 Å². The second-order valence-electron chi connectivity index (χ2n) is 8.61. The number of H-pyrrole nitrogens is 1. The monoisotopic (exact) mass is 499 g/mol. The first-order valence-electron chi connectivity index (χ1n) is 12.0. The van der Waals surface area contributed by atoms with Crippen molar-refractivity contribution < 1.29 is 0 Å². The van der Waals surface area contributed by atoms with Gasteiger partial charge in [0.2, 0.25) is 5.82 Å². The summed E-state index contributed by atoms with van der Waals surface area (Å²) in [5, 5.41) is 14.9. The second-order valence-corrected chi connectivity index (χ2v) is 8.97. The van der Waals surface area contributed by atoms with E-state index in [-0.39, 0.29) is 5.69 Å². The van der Waals surface area contributed by atoms with E-state index in [0.717, 1.165) is 52.9 Å². The van der Waals surface area contributed by atoms with Gasteiger partial charge in [-0.3, -0.25) is 14.1 Å². The third-order valence-electron chi connectivity index (χ3n) is 6.17. The van der Waals surface area contributed by atoms with Crippen LogP contribution in [-0.2, 0) is 19.5 Å². The number of unbranched alkanes of at least 4 members (excludes halogenated alkanes) is 1. The third-order valence-corrected chi connectivity index (χ3v) is 6.59. The summed E-state index contributed by atoms with van der Waals surface area (Å²) in [4.78, 5) is 18.1. The average Bonchev–Trinajstić information content (AvgIpc) is 3.53. The van der Waals surface area contributed by atoms with Gasteiger partial charge in [0, 0.05) is 17.3 Å². The normalized spacial score (nSPS) is 11.2. The average molecular weight is 500 g/mol. The Kier molecular flexibility index (Phi) is 7.04. The van der Waals surface area contributed by atoms with E-state index >= 15 is 0 Å². The van der Waals surface area contributed by atoms with Crippen LogP contribution in [-0.4, -0.2) is 34.7 Å². The zero-order chi connectivity index (χ0) is 24.9. The SMILES string of the molecule is CCCCc1c(Cl)n(Cc2ccccc2)c(=O)n1Cc1ccc(-c2ccccc2-c2nn[nH]n2)nc1. The van der Waals surface area contributed by atoms with Gasteiger partial charge in [0.25, 0.3) is 0 Å². The molecule has 0 atom stereocenters. The van der Waals surface area contributed by atoms with Crippen molar-refractivity contribution in [1.82, 2.24) is 34.7 Å². The van der Waals surface area contributed by atoms with E-state index in [2.05, 4.69) is 27.5 Å². The fourth-order valence-corrected chi connectivity index (χ4v) is 4.63. The summed E-state index contributed by atoms with van der Waals surface area (Å²) in [6.07, 6.45) is 4.53. The number of pyridine rings is 1. The minimum Gasteiger partial charge on any atom is -0.290 e. The molecule has 2 aromatic carbocycles. The second kappa shape index (κ2) is 10.7. The molecule has 36 heavy (non-hydrogen) atoms. The Morgan fingerprint density at radius 2 is 1.64 bits per heavy atom. The number of rotatable bonds is 9. The van der Waals surface area contributed by atoms with Crippen LogP contribution in [0.5, 0.6) is 0 Å². The van der Waals surface area contributed by atoms with Crippen LogP contribution < -0.4 is 5.69 Å². The molecule has 0 fully saturated rings. The van der Waals surface area contributed by atoms with Gasteiger partial charge >= 0.3 is 5.69 Å². The number of imidazole rings is 1. The molecule has 5 aromatic rings. The van der Waals surface area contributed by atoms with E-state index in [9.17, 15) is 4.79 Å². The van der Waals surface area contributed by atoms with Gasteiger partial charge in [-0.15, -0.1) is 10.2 Å². The fourth-order valence-electron chi connectivity index (χ4n) is 4.30. The van der Waals surface area contributed by atoms with Crippen LogP contribution in [0.15, 0.2) is 77.7 Å². The van der Waals surface area contributed by atoms with Crippen LogP contribution in [0.1, 0.15) is 36.6 Å². The van der Waals surface area contributed by atoms with Crippen molar-refractivity contribution >= 4 is 11.6 Å². The lowest BCUT2D eigenvalue weighted by Crippen LogP contribution is -2.26. The molecule has 8 nitrogen and oxygen atoms in total. The Labute approximate surface area is 213 Å². The Hall–Kier alpha value is -4.04. The first kappa shape index (κ1) is 23.7. The van der Waals surface area contributed by atoms with Crippen LogP contribution in [0.25, 0.3) is 22.6 Å². The van der Waals surface area contributed by atoms with Crippen molar-refractivity contribution in [3.05, 3.63) is 105 Å². The minimum atomic E-state index is -0.110. The van der Waals surface area contributed by atoms with Crippen LogP contribution in [0.2, 0.25) is 5.15 Å². The quantitative estimate of drug-likeness (QED) is 0.308. The number of halogens is 1. The molecule has 0 radical (unpaired) electrons. The molecule has 5 rings (SSSR count). The van der Waals surface area contributed by atoms with Crippen molar-refractivity contribution in [2.75, 3.05) is 0 Å². The van der Waals surface area contributed by atoms with Gasteiger partial charge in [-0.05, 0) is 35.2 Å². The highest BCUT2D eigenvalue weighted by Crippen LogP contribution is 2.28. The maximum atomic E-state index is 13.4. The highest BCUT2D eigenvalue weighted by molar-refractivity contribution is 6.30. The number of tetrazole rings is 1. The summed E-state index contributed by atoms with van der Waals surface area (Å²) in [7, 11) is 0. The van der Waals surface area contributed by atoms with Crippen LogP contribution in [0.4, 0.5) is 0 Å². The zero-order valence-corrected chi connectivity index (χ0v) is 20.7. The van der Waals surface area contributed by atoms with Crippen molar-refractivity contribution in [3.8, 4) is 22.6 Å². The van der Waals surface area contributed by atoms with Gasteiger partial charge in [0.05, 0.1) is 24.5 Å². The number of hydrogen-bond donors (Lipinski definition) is 1. The van der Waals surface area contributed by atoms with Crippen LogP contribution >= 0.6 is 11.6 Å². The Balaban J connectivity index is 1.45. The Bertz CT molecular complexity index is 1490. The van der Waals surface area contributed by atoms with Crippen molar-refractivity contribution in [2.24, 2.45) is 0 Å². The molecule has 0 aliphatic rings. The molecule has 0 amide bonds. The zero-order valence-electron chi connectivity index (χ0n) is 19.9. The highest BCUT2D eigenvalue weighted by atomic mass is 35.5. The summed E-state index contributed by atoms with van der Waals surface area (Å²) in [6.45, 7) is 2.97. The predicted molar refractivity (Wildman–Crippen MR) is 140 cm³/mol. The van der Waals surface area contributed by atoms with E-state index in [4.69, 9.17) is 16.6 Å². The topological polar surface area (TPSA) is 94.3 Å². The molecule has 0 aliphatic carbocycles. The van der Waals surface area contributed by atoms with Gasteiger partial charge in [-0.1, -0.05) is 85.6 Å². The lowest BCUT2D eigenvalue weighted by molar-refractivity contribution is 0.654. The maximum absolute atomic E-state index is 13.4. The summed E-state index contributed by atoms with van der Waals surface area (Å²) >= 11 is 6.77. The third kappa shape index (κ3) is 4.85. The van der Waals surface area contributed by atoms with E-state index < -0.39 is 0 Å². The highest BCUT2D eigenvalue weighted by Gasteiger charge is 2.19. The van der Waals surface area contributed by atoms with Gasteiger partial charge in [0.1, 0.15) is 5.15 Å². The van der Waals surface area contributed by atoms with E-state index in [1.807, 2.05) is 66.7 Å². The Morgan fingerprint density at radius 3 is 2.33 bits per heavy atom. The molecule has 0 unspecified atom stereocenters. The largest absolute Gasteiger partial charge is 0.330 e. The number of aromatic amines is 1. The molecule has 9 heteroatoms. The van der Waals surface area contributed by atoms with Gasteiger partial charge in [-0.25, -0.2) is 4.79 Å². The van der Waals surface area contributed by atoms with Gasteiger partial charge in [0.15, 0.2) is 0 Å². The van der Waals surface area contributed by atoms with Gasteiger partial charge < -0.3 is 0 Å². The molecule has 0 saturated heterocycles. The molecule has 182 valence electrons. The van der Waals surface area contributed by atoms with Crippen molar-refractivity contribution in [3.63, 3.8) is 0 Å². The van der Waals surface area contributed by atoms with Gasteiger partial charge in [-0.2, -0.15) is 5.21 Å². The smallest absolute Gasteiger partial charge is 0.290 e. The Morgan fingerprint density at radius 1 is 0.889 bits per heavy atom. The van der Waals surface area contributed by atoms with E-state index in [1.165, 1.54) is 0 Å². The number of aromatic nitrogens is 7. The molecule has 3 heterocycles. The number of benzene rings is 2. The summed E-state index contributed by atoms with van der Waals surface area (Å²) in [5.74, 6) is 0.512. The molecule has 1 N–H and O–H groups in total. The number of hydrogen-bond acceptors (Lipinski definition) is 5.